The van der Waals surface area contributed by atoms with Gasteiger partial charge in [-0.3, -0.25) is 14.4 Å². The van der Waals surface area contributed by atoms with Gasteiger partial charge in [-0.2, -0.15) is 0 Å². The second-order valence-corrected chi connectivity index (χ2v) is 14.2. The van der Waals surface area contributed by atoms with Crippen LogP contribution >= 0.6 is 0 Å². The predicted molar refractivity (Wildman–Crippen MR) is 143 cm³/mol. The monoisotopic (exact) mass is 566 g/mol. The summed E-state index contributed by atoms with van der Waals surface area (Å²) in [5.74, 6) is -3.74. The van der Waals surface area contributed by atoms with Crippen LogP contribution in [0.4, 0.5) is 0 Å². The van der Waals surface area contributed by atoms with Crippen LogP contribution in [0, 0.1) is 28.6 Å². The van der Waals surface area contributed by atoms with Crippen LogP contribution in [0.5, 0.6) is 0 Å². The Bertz CT molecular complexity index is 1070. The Morgan fingerprint density at radius 2 is 1.77 bits per heavy atom. The number of rotatable bonds is 8. The molecule has 0 amide bonds. The zero-order chi connectivity index (χ0) is 30.1. The summed E-state index contributed by atoms with van der Waals surface area (Å²) in [4.78, 5) is 36.6. The van der Waals surface area contributed by atoms with Crippen LogP contribution in [0.1, 0.15) is 92.4 Å². The lowest BCUT2D eigenvalue weighted by Crippen LogP contribution is -2.63. The lowest BCUT2D eigenvalue weighted by atomic mass is 9.45. The number of esters is 1. The predicted octanol–water partition coefficient (Wildman–Crippen LogP) is 1.88. The van der Waals surface area contributed by atoms with Crippen molar-refractivity contribution in [1.82, 2.24) is 0 Å². The van der Waals surface area contributed by atoms with Gasteiger partial charge in [0, 0.05) is 11.3 Å². The quantitative estimate of drug-likeness (QED) is 0.187. The molecule has 10 heteroatoms. The first-order chi connectivity index (χ1) is 18.3. The smallest absolute Gasteiger partial charge is 0.317 e. The van der Waals surface area contributed by atoms with Crippen molar-refractivity contribution in [2.24, 2.45) is 28.6 Å². The molecule has 0 spiro atoms. The molecule has 0 bridgehead atoms. The van der Waals surface area contributed by atoms with E-state index in [1.807, 2.05) is 13.8 Å². The summed E-state index contributed by atoms with van der Waals surface area (Å²) in [6.07, 6.45) is 0.0695. The molecule has 0 radical (unpaired) electrons. The van der Waals surface area contributed by atoms with E-state index in [0.29, 0.717) is 37.7 Å². The van der Waals surface area contributed by atoms with E-state index in [0.717, 1.165) is 0 Å². The number of allylic oxidation sites excluding steroid dienone is 1. The number of ether oxygens (including phenoxy) is 1. The highest BCUT2D eigenvalue weighted by atomic mass is 16.6. The van der Waals surface area contributed by atoms with E-state index in [1.54, 1.807) is 20.8 Å². The maximum absolute atomic E-state index is 13.5. The molecular weight excluding hydrogens is 520 g/mol. The van der Waals surface area contributed by atoms with Crippen molar-refractivity contribution in [1.29, 1.82) is 0 Å². The van der Waals surface area contributed by atoms with Crippen LogP contribution in [-0.4, -0.2) is 83.5 Å². The standard InChI is InChI=1S/C30H46O10/c1-26(2,37)9-8-23(33)29(5,38)22-7-11-30(39)17-12-19(31)18-13-20(32)21(40-25(36)14-24(34)35)15-27(18,3)16(17)6-10-28(22,30)4/h12,16,18,20-23,32-33,37-39H,6-11,13-15H2,1-5H3,(H,34,35)/t16-,18-,20+,21-,22-,23+,27+,28+,29+,30+/m0/s1. The van der Waals surface area contributed by atoms with E-state index in [-0.39, 0.29) is 31.0 Å². The maximum atomic E-state index is 13.5. The Balaban J connectivity index is 1.62. The SMILES string of the molecule is CC(C)(O)CC[C@@H](O)[C@](C)(O)[C@H]1CC[C@@]2(O)C3=CC(=O)[C@@H]4C[C@@H](O)[C@@H](OC(=O)CC(=O)O)C[C@]4(C)[C@H]3CC[C@]12C. The van der Waals surface area contributed by atoms with Crippen LogP contribution in [-0.2, 0) is 19.1 Å². The van der Waals surface area contributed by atoms with Crippen LogP contribution < -0.4 is 0 Å². The highest BCUT2D eigenvalue weighted by Crippen LogP contribution is 2.68. The van der Waals surface area contributed by atoms with E-state index < -0.39 is 76.1 Å². The molecule has 40 heavy (non-hydrogen) atoms. The van der Waals surface area contributed by atoms with Gasteiger partial charge >= 0.3 is 11.9 Å². The number of aliphatic hydroxyl groups is 5. The molecule has 10 atom stereocenters. The number of carboxylic acid groups (broad SMARTS) is 1. The average molecular weight is 567 g/mol. The molecule has 0 unspecified atom stereocenters. The van der Waals surface area contributed by atoms with Gasteiger partial charge in [0.25, 0.3) is 0 Å². The number of carbonyl (C=O) groups is 3. The van der Waals surface area contributed by atoms with Crippen molar-refractivity contribution in [2.75, 3.05) is 0 Å². The van der Waals surface area contributed by atoms with Crippen molar-refractivity contribution in [3.63, 3.8) is 0 Å². The topological polar surface area (TPSA) is 182 Å². The van der Waals surface area contributed by atoms with Crippen molar-refractivity contribution in [2.45, 2.75) is 128 Å². The van der Waals surface area contributed by atoms with Gasteiger partial charge in [-0.1, -0.05) is 13.8 Å². The highest BCUT2D eigenvalue weighted by Gasteiger charge is 2.69. The molecule has 10 nitrogen and oxygen atoms in total. The number of carboxylic acids is 1. The molecule has 0 aromatic heterocycles. The van der Waals surface area contributed by atoms with Crippen molar-refractivity contribution in [3.05, 3.63) is 11.6 Å². The molecule has 226 valence electrons. The highest BCUT2D eigenvalue weighted by molar-refractivity contribution is 5.95. The summed E-state index contributed by atoms with van der Waals surface area (Å²) in [5, 5.41) is 64.8. The Morgan fingerprint density at radius 3 is 2.38 bits per heavy atom. The van der Waals surface area contributed by atoms with Gasteiger partial charge in [0.1, 0.15) is 12.5 Å². The minimum Gasteiger partial charge on any atom is -0.481 e. The largest absolute Gasteiger partial charge is 0.481 e. The van der Waals surface area contributed by atoms with Gasteiger partial charge in [0.15, 0.2) is 5.78 Å². The van der Waals surface area contributed by atoms with Gasteiger partial charge in [0.2, 0.25) is 0 Å². The van der Waals surface area contributed by atoms with E-state index in [9.17, 15) is 39.9 Å². The number of hydrogen-bond donors (Lipinski definition) is 6. The number of aliphatic carboxylic acids is 1. The van der Waals surface area contributed by atoms with Gasteiger partial charge in [-0.25, -0.2) is 0 Å². The van der Waals surface area contributed by atoms with E-state index in [1.165, 1.54) is 6.08 Å². The average Bonchev–Trinajstić information content (AvgIpc) is 3.10. The molecule has 0 saturated heterocycles. The molecule has 0 aromatic rings. The second-order valence-electron chi connectivity index (χ2n) is 14.2. The van der Waals surface area contributed by atoms with Crippen molar-refractivity contribution < 1.29 is 49.8 Å². The molecule has 6 N–H and O–H groups in total. The zero-order valence-electron chi connectivity index (χ0n) is 24.2. The van der Waals surface area contributed by atoms with Gasteiger partial charge in [-0.15, -0.1) is 0 Å². The van der Waals surface area contributed by atoms with Gasteiger partial charge in [-0.05, 0) is 101 Å². The molecule has 0 heterocycles. The number of hydrogen-bond acceptors (Lipinski definition) is 9. The third-order valence-electron chi connectivity index (χ3n) is 11.1. The zero-order valence-corrected chi connectivity index (χ0v) is 24.2. The third kappa shape index (κ3) is 5.04. The third-order valence-corrected chi connectivity index (χ3v) is 11.1. The van der Waals surface area contributed by atoms with Gasteiger partial charge < -0.3 is 35.4 Å². The Hall–Kier alpha value is -1.85. The first kappa shape index (κ1) is 31.1. The number of aliphatic hydroxyl groups excluding tert-OH is 2. The fraction of sp³-hybridized carbons (Fsp3) is 0.833. The fourth-order valence-electron chi connectivity index (χ4n) is 8.75. The second kappa shape index (κ2) is 10.2. The summed E-state index contributed by atoms with van der Waals surface area (Å²) in [6, 6.07) is 0. The fourth-order valence-corrected chi connectivity index (χ4v) is 8.75. The molecular formula is C30H46O10. The number of fused-ring (bicyclic) bond motifs is 5. The first-order valence-corrected chi connectivity index (χ1v) is 14.5. The molecule has 3 fully saturated rings. The summed E-state index contributed by atoms with van der Waals surface area (Å²) in [5.41, 5.74) is -4.92. The molecule has 0 aromatic carbocycles. The van der Waals surface area contributed by atoms with Crippen LogP contribution in [0.2, 0.25) is 0 Å². The summed E-state index contributed by atoms with van der Waals surface area (Å²) >= 11 is 0. The van der Waals surface area contributed by atoms with Crippen LogP contribution in [0.15, 0.2) is 11.6 Å². The summed E-state index contributed by atoms with van der Waals surface area (Å²) in [7, 11) is 0. The number of carbonyl (C=O) groups excluding carboxylic acids is 2. The van der Waals surface area contributed by atoms with Crippen LogP contribution in [0.3, 0.4) is 0 Å². The molecule has 4 aliphatic carbocycles. The van der Waals surface area contributed by atoms with Crippen molar-refractivity contribution >= 4 is 17.7 Å². The molecule has 0 aliphatic heterocycles. The Labute approximate surface area is 235 Å². The lowest BCUT2D eigenvalue weighted by molar-refractivity contribution is -0.184. The Morgan fingerprint density at radius 1 is 1.12 bits per heavy atom. The first-order valence-electron chi connectivity index (χ1n) is 14.5. The molecule has 4 aliphatic rings. The normalized spacial score (nSPS) is 41.6. The van der Waals surface area contributed by atoms with E-state index in [2.05, 4.69) is 0 Å². The van der Waals surface area contributed by atoms with E-state index in [4.69, 9.17) is 9.84 Å². The maximum Gasteiger partial charge on any atom is 0.317 e. The van der Waals surface area contributed by atoms with Crippen molar-refractivity contribution in [3.8, 4) is 0 Å². The minimum atomic E-state index is -1.54. The van der Waals surface area contributed by atoms with E-state index >= 15 is 0 Å². The minimum absolute atomic E-state index is 0.0705. The van der Waals surface area contributed by atoms with Gasteiger partial charge in [0.05, 0.1) is 29.0 Å². The van der Waals surface area contributed by atoms with Crippen LogP contribution in [0.25, 0.3) is 0 Å². The summed E-state index contributed by atoms with van der Waals surface area (Å²) in [6.45, 7) is 8.72. The molecule has 3 saturated carbocycles. The summed E-state index contributed by atoms with van der Waals surface area (Å²) < 4.78 is 5.37. The Kier molecular flexibility index (Phi) is 7.89. The molecule has 4 rings (SSSR count). The number of ketones is 1. The lowest BCUT2D eigenvalue weighted by Gasteiger charge is -2.60.